The van der Waals surface area contributed by atoms with Crippen molar-refractivity contribution >= 4 is 5.97 Å². The second kappa shape index (κ2) is 9.05. The van der Waals surface area contributed by atoms with Gasteiger partial charge < -0.3 is 14.6 Å². The first-order valence-corrected chi connectivity index (χ1v) is 11.8. The molecule has 1 aromatic carbocycles. The number of aromatic nitrogens is 3. The minimum absolute atomic E-state index is 0.184. The van der Waals surface area contributed by atoms with Gasteiger partial charge in [-0.2, -0.15) is 0 Å². The summed E-state index contributed by atoms with van der Waals surface area (Å²) >= 11 is 0. The average Bonchev–Trinajstić information content (AvgIpc) is 3.68. The number of aliphatic carboxylic acids is 1. The summed E-state index contributed by atoms with van der Waals surface area (Å²) in [4.78, 5) is 25.3. The monoisotopic (exact) mass is 459 g/mol. The molecule has 0 spiro atoms. The minimum atomic E-state index is -0.792. The number of carbonyl (C=O) groups is 1. The molecule has 0 amide bonds. The van der Waals surface area contributed by atoms with Gasteiger partial charge in [0.15, 0.2) is 0 Å². The second-order valence-electron chi connectivity index (χ2n) is 9.34. The molecule has 3 heterocycles. The Morgan fingerprint density at radius 3 is 2.74 bits per heavy atom. The van der Waals surface area contributed by atoms with Crippen LogP contribution in [0.15, 0.2) is 36.7 Å². The number of nitrogens with zero attached hydrogens (tertiary/aromatic N) is 3. The quantitative estimate of drug-likeness (QED) is 0.527. The van der Waals surface area contributed by atoms with Gasteiger partial charge in [-0.25, -0.2) is 9.97 Å². The van der Waals surface area contributed by atoms with E-state index in [1.54, 1.807) is 14.0 Å². The number of pyridine rings is 1. The molecule has 2 atom stereocenters. The molecule has 2 aromatic heterocycles. The normalized spacial score (nSPS) is 18.0. The molecule has 5 rings (SSSR count). The number of rotatable bonds is 7. The summed E-state index contributed by atoms with van der Waals surface area (Å²) in [5.74, 6) is 0.686. The van der Waals surface area contributed by atoms with Crippen LogP contribution in [0, 0.1) is 12.8 Å². The van der Waals surface area contributed by atoms with Crippen LogP contribution in [0.1, 0.15) is 66.3 Å². The van der Waals surface area contributed by atoms with Crippen molar-refractivity contribution < 1.29 is 19.4 Å². The van der Waals surface area contributed by atoms with Crippen LogP contribution >= 0.6 is 0 Å². The molecule has 1 N–H and O–H groups in total. The minimum Gasteiger partial charge on any atom is -0.484 e. The highest BCUT2D eigenvalue weighted by molar-refractivity contribution is 5.70. The third-order valence-corrected chi connectivity index (χ3v) is 6.74. The molecule has 0 saturated heterocycles. The highest BCUT2D eigenvalue weighted by Gasteiger charge is 2.29. The number of hydrogen-bond donors (Lipinski definition) is 1. The molecule has 7 heteroatoms. The number of methoxy groups -OCH3 is 1. The smallest absolute Gasteiger partial charge is 0.306 e. The second-order valence-corrected chi connectivity index (χ2v) is 9.34. The number of carboxylic acid groups (broad SMARTS) is 1. The van der Waals surface area contributed by atoms with Gasteiger partial charge in [-0.05, 0) is 67.7 Å². The first-order valence-electron chi connectivity index (χ1n) is 11.8. The Kier molecular flexibility index (Phi) is 5.94. The number of carboxylic acids is 1. The maximum Gasteiger partial charge on any atom is 0.306 e. The van der Waals surface area contributed by atoms with E-state index in [1.807, 2.05) is 43.6 Å². The standard InChI is InChI=1S/C27H29N3O4/c1-15(27(31)32)10-17-4-5-19-8-9-23(34-24(19)11-17)26-16(2)30-22(14-29-26)20-12-25(33-3)28-13-21(20)18-6-7-18/h4-5,11-15,18,23H,6-10H2,1-3H3,(H,31,32). The van der Waals surface area contributed by atoms with Crippen molar-refractivity contribution in [2.24, 2.45) is 5.92 Å². The van der Waals surface area contributed by atoms with Gasteiger partial charge in [-0.3, -0.25) is 9.78 Å². The SMILES string of the molecule is COc1cc(-c2cnc(C3CCc4ccc(CC(C)C(=O)O)cc4O3)c(C)n2)c(C2CC2)cn1. The van der Waals surface area contributed by atoms with Crippen molar-refractivity contribution in [3.05, 3.63) is 64.7 Å². The maximum atomic E-state index is 11.2. The van der Waals surface area contributed by atoms with Gasteiger partial charge in [-0.1, -0.05) is 19.1 Å². The van der Waals surface area contributed by atoms with Crippen LogP contribution in [0.4, 0.5) is 0 Å². The molecule has 3 aromatic rings. The van der Waals surface area contributed by atoms with E-state index < -0.39 is 11.9 Å². The molecular weight excluding hydrogens is 430 g/mol. The van der Waals surface area contributed by atoms with E-state index in [4.69, 9.17) is 19.4 Å². The molecule has 1 aliphatic carbocycles. The number of hydrogen-bond acceptors (Lipinski definition) is 6. The molecule has 0 bridgehead atoms. The Labute approximate surface area is 199 Å². The van der Waals surface area contributed by atoms with Crippen LogP contribution < -0.4 is 9.47 Å². The first-order chi connectivity index (χ1) is 16.4. The summed E-state index contributed by atoms with van der Waals surface area (Å²) in [6.07, 6.45) is 8.07. The Morgan fingerprint density at radius 1 is 1.21 bits per heavy atom. The van der Waals surface area contributed by atoms with Gasteiger partial charge in [0.1, 0.15) is 17.5 Å². The van der Waals surface area contributed by atoms with E-state index in [2.05, 4.69) is 4.98 Å². The predicted octanol–water partition coefficient (Wildman–Crippen LogP) is 5.06. The van der Waals surface area contributed by atoms with Crippen LogP contribution in [-0.4, -0.2) is 33.1 Å². The topological polar surface area (TPSA) is 94.4 Å². The van der Waals surface area contributed by atoms with Crippen LogP contribution in [0.5, 0.6) is 11.6 Å². The lowest BCUT2D eigenvalue weighted by molar-refractivity contribution is -0.141. The average molecular weight is 460 g/mol. The lowest BCUT2D eigenvalue weighted by atomic mass is 9.95. The molecule has 176 valence electrons. The summed E-state index contributed by atoms with van der Waals surface area (Å²) in [6, 6.07) is 7.97. The Morgan fingerprint density at radius 2 is 2.03 bits per heavy atom. The van der Waals surface area contributed by atoms with Gasteiger partial charge >= 0.3 is 5.97 Å². The summed E-state index contributed by atoms with van der Waals surface area (Å²) in [5, 5.41) is 9.23. The van der Waals surface area contributed by atoms with Gasteiger partial charge in [0, 0.05) is 17.8 Å². The largest absolute Gasteiger partial charge is 0.484 e. The fraction of sp³-hybridized carbons (Fsp3) is 0.407. The van der Waals surface area contributed by atoms with Gasteiger partial charge in [-0.15, -0.1) is 0 Å². The van der Waals surface area contributed by atoms with Crippen LogP contribution in [0.25, 0.3) is 11.3 Å². The fourth-order valence-electron chi connectivity index (χ4n) is 4.61. The zero-order chi connectivity index (χ0) is 23.8. The van der Waals surface area contributed by atoms with E-state index >= 15 is 0 Å². The molecule has 1 fully saturated rings. The van der Waals surface area contributed by atoms with Crippen LogP contribution in [-0.2, 0) is 17.6 Å². The summed E-state index contributed by atoms with van der Waals surface area (Å²) < 4.78 is 11.7. The third kappa shape index (κ3) is 4.47. The molecule has 1 aliphatic heterocycles. The van der Waals surface area contributed by atoms with Crippen molar-refractivity contribution in [3.8, 4) is 22.9 Å². The summed E-state index contributed by atoms with van der Waals surface area (Å²) in [5.41, 5.74) is 6.85. The van der Waals surface area contributed by atoms with E-state index in [0.717, 1.165) is 52.4 Å². The number of benzene rings is 1. The molecular formula is C27H29N3O4. The van der Waals surface area contributed by atoms with E-state index in [1.165, 1.54) is 18.4 Å². The zero-order valence-corrected chi connectivity index (χ0v) is 19.7. The van der Waals surface area contributed by atoms with E-state index in [-0.39, 0.29) is 6.10 Å². The lowest BCUT2D eigenvalue weighted by Crippen LogP contribution is -2.19. The Hall–Kier alpha value is -3.48. The molecule has 34 heavy (non-hydrogen) atoms. The van der Waals surface area contributed by atoms with E-state index in [0.29, 0.717) is 18.2 Å². The Bertz CT molecular complexity index is 1240. The Balaban J connectivity index is 1.40. The maximum absolute atomic E-state index is 11.2. The van der Waals surface area contributed by atoms with Crippen molar-refractivity contribution in [1.82, 2.24) is 15.0 Å². The fourth-order valence-corrected chi connectivity index (χ4v) is 4.61. The van der Waals surface area contributed by atoms with Crippen molar-refractivity contribution in [1.29, 1.82) is 0 Å². The highest BCUT2D eigenvalue weighted by Crippen LogP contribution is 2.44. The number of ether oxygens (including phenoxy) is 2. The van der Waals surface area contributed by atoms with Gasteiger partial charge in [0.2, 0.25) is 5.88 Å². The summed E-state index contributed by atoms with van der Waals surface area (Å²) in [6.45, 7) is 3.70. The van der Waals surface area contributed by atoms with Crippen molar-refractivity contribution in [2.45, 2.75) is 58.0 Å². The van der Waals surface area contributed by atoms with Crippen LogP contribution in [0.2, 0.25) is 0 Å². The predicted molar refractivity (Wildman–Crippen MR) is 127 cm³/mol. The zero-order valence-electron chi connectivity index (χ0n) is 19.7. The molecule has 0 radical (unpaired) electrons. The molecule has 2 aliphatic rings. The summed E-state index contributed by atoms with van der Waals surface area (Å²) in [7, 11) is 1.62. The van der Waals surface area contributed by atoms with Crippen LogP contribution in [0.3, 0.4) is 0 Å². The lowest BCUT2D eigenvalue weighted by Gasteiger charge is -2.27. The van der Waals surface area contributed by atoms with Crippen molar-refractivity contribution in [2.75, 3.05) is 7.11 Å². The third-order valence-electron chi connectivity index (χ3n) is 6.74. The van der Waals surface area contributed by atoms with Crippen molar-refractivity contribution in [3.63, 3.8) is 0 Å². The van der Waals surface area contributed by atoms with E-state index in [9.17, 15) is 9.90 Å². The molecule has 7 nitrogen and oxygen atoms in total. The highest BCUT2D eigenvalue weighted by atomic mass is 16.5. The first kappa shape index (κ1) is 22.3. The molecule has 2 unspecified atom stereocenters. The van der Waals surface area contributed by atoms with Gasteiger partial charge in [0.05, 0.1) is 30.6 Å². The van der Waals surface area contributed by atoms with Gasteiger partial charge in [0.25, 0.3) is 0 Å². The molecule has 1 saturated carbocycles. The number of aryl methyl sites for hydroxylation is 2. The number of fused-ring (bicyclic) bond motifs is 1.